The number of nitrogens with one attached hydrogen (secondary N) is 1. The molecule has 5 nitrogen and oxygen atoms in total. The maximum Gasteiger partial charge on any atom is 0.255 e. The number of hydrogen-bond donors (Lipinski definition) is 1. The summed E-state index contributed by atoms with van der Waals surface area (Å²) in [6.07, 6.45) is 0.570. The van der Waals surface area contributed by atoms with Gasteiger partial charge >= 0.3 is 0 Å². The van der Waals surface area contributed by atoms with Crippen molar-refractivity contribution in [1.29, 1.82) is 0 Å². The molecule has 0 aromatic heterocycles. The molecule has 1 heterocycles. The SMILES string of the molecule is COc1cc(Cl)c(C)cc1NC(=O)[C@H](CC(C)C)N1Cc2ccccc2C1=O. The number of benzene rings is 2. The lowest BCUT2D eigenvalue weighted by Gasteiger charge is -2.28. The van der Waals surface area contributed by atoms with Crippen molar-refractivity contribution in [3.05, 3.63) is 58.1 Å². The van der Waals surface area contributed by atoms with Gasteiger partial charge in [-0.2, -0.15) is 0 Å². The van der Waals surface area contributed by atoms with Crippen LogP contribution in [0.4, 0.5) is 5.69 Å². The number of rotatable bonds is 6. The summed E-state index contributed by atoms with van der Waals surface area (Å²) in [5, 5.41) is 3.51. The Morgan fingerprint density at radius 1 is 1.29 bits per heavy atom. The molecule has 0 unspecified atom stereocenters. The third kappa shape index (κ3) is 3.99. The highest BCUT2D eigenvalue weighted by Crippen LogP contribution is 2.32. The number of halogens is 1. The van der Waals surface area contributed by atoms with E-state index in [0.717, 1.165) is 11.1 Å². The summed E-state index contributed by atoms with van der Waals surface area (Å²) in [7, 11) is 1.53. The van der Waals surface area contributed by atoms with E-state index < -0.39 is 6.04 Å². The summed E-state index contributed by atoms with van der Waals surface area (Å²) in [6.45, 7) is 6.39. The molecule has 0 spiro atoms. The summed E-state index contributed by atoms with van der Waals surface area (Å²) in [6, 6.07) is 10.4. The van der Waals surface area contributed by atoms with Gasteiger partial charge in [0.25, 0.3) is 5.91 Å². The molecule has 0 bridgehead atoms. The van der Waals surface area contributed by atoms with Gasteiger partial charge in [-0.05, 0) is 42.5 Å². The van der Waals surface area contributed by atoms with Crippen LogP contribution in [-0.2, 0) is 11.3 Å². The van der Waals surface area contributed by atoms with Gasteiger partial charge in [-0.25, -0.2) is 0 Å². The zero-order chi connectivity index (χ0) is 20.4. The van der Waals surface area contributed by atoms with Crippen molar-refractivity contribution in [1.82, 2.24) is 4.90 Å². The number of nitrogens with zero attached hydrogens (tertiary/aromatic N) is 1. The van der Waals surface area contributed by atoms with Crippen molar-refractivity contribution in [2.75, 3.05) is 12.4 Å². The number of hydrogen-bond acceptors (Lipinski definition) is 3. The summed E-state index contributed by atoms with van der Waals surface area (Å²) in [4.78, 5) is 27.8. The average Bonchev–Trinajstić information content (AvgIpc) is 2.99. The Kier molecular flexibility index (Phi) is 5.94. The highest BCUT2D eigenvalue weighted by molar-refractivity contribution is 6.31. The third-order valence-electron chi connectivity index (χ3n) is 4.96. The topological polar surface area (TPSA) is 58.6 Å². The molecule has 3 rings (SSSR count). The van der Waals surface area contributed by atoms with Gasteiger partial charge in [-0.1, -0.05) is 43.6 Å². The second-order valence-electron chi connectivity index (χ2n) is 7.53. The van der Waals surface area contributed by atoms with Gasteiger partial charge in [0.15, 0.2) is 0 Å². The predicted octanol–water partition coefficient (Wildman–Crippen LogP) is 4.67. The molecular formula is C22H25ClN2O3. The van der Waals surface area contributed by atoms with Gasteiger partial charge in [0.2, 0.25) is 5.91 Å². The number of anilines is 1. The lowest BCUT2D eigenvalue weighted by atomic mass is 10.0. The molecule has 2 aromatic carbocycles. The van der Waals surface area contributed by atoms with Crippen molar-refractivity contribution >= 4 is 29.1 Å². The lowest BCUT2D eigenvalue weighted by molar-refractivity contribution is -0.121. The molecule has 6 heteroatoms. The highest BCUT2D eigenvalue weighted by Gasteiger charge is 2.36. The Bertz CT molecular complexity index is 911. The molecule has 0 radical (unpaired) electrons. The van der Waals surface area contributed by atoms with Crippen molar-refractivity contribution in [2.45, 2.75) is 39.8 Å². The average molecular weight is 401 g/mol. The number of fused-ring (bicyclic) bond motifs is 1. The summed E-state index contributed by atoms with van der Waals surface area (Å²) in [5.74, 6) is 0.412. The Hall–Kier alpha value is -2.53. The molecule has 148 valence electrons. The molecule has 0 fully saturated rings. The van der Waals surface area contributed by atoms with E-state index in [-0.39, 0.29) is 17.7 Å². The number of carbonyl (C=O) groups excluding carboxylic acids is 2. The van der Waals surface area contributed by atoms with E-state index in [1.54, 1.807) is 17.0 Å². The van der Waals surface area contributed by atoms with Crippen LogP contribution >= 0.6 is 11.6 Å². The maximum absolute atomic E-state index is 13.2. The fourth-order valence-electron chi connectivity index (χ4n) is 3.50. The summed E-state index contributed by atoms with van der Waals surface area (Å²) < 4.78 is 5.36. The first-order valence-corrected chi connectivity index (χ1v) is 9.73. The molecule has 2 aromatic rings. The summed E-state index contributed by atoms with van der Waals surface area (Å²) in [5.41, 5.74) is 3.01. The van der Waals surface area contributed by atoms with E-state index in [9.17, 15) is 9.59 Å². The molecular weight excluding hydrogens is 376 g/mol. The first kappa shape index (κ1) is 20.2. The molecule has 1 N–H and O–H groups in total. The molecule has 2 amide bonds. The molecule has 1 aliphatic heterocycles. The van der Waals surface area contributed by atoms with E-state index in [1.165, 1.54) is 7.11 Å². The van der Waals surface area contributed by atoms with Crippen molar-refractivity contribution in [2.24, 2.45) is 5.92 Å². The maximum atomic E-state index is 13.2. The molecule has 0 aliphatic carbocycles. The second-order valence-corrected chi connectivity index (χ2v) is 7.93. The van der Waals surface area contributed by atoms with Crippen LogP contribution in [0.2, 0.25) is 5.02 Å². The van der Waals surface area contributed by atoms with Gasteiger partial charge in [0, 0.05) is 23.2 Å². The zero-order valence-electron chi connectivity index (χ0n) is 16.6. The van der Waals surface area contributed by atoms with Gasteiger partial charge in [0.1, 0.15) is 11.8 Å². The Morgan fingerprint density at radius 3 is 2.64 bits per heavy atom. The van der Waals surface area contributed by atoms with E-state index in [2.05, 4.69) is 5.32 Å². The lowest BCUT2D eigenvalue weighted by Crippen LogP contribution is -2.45. The molecule has 28 heavy (non-hydrogen) atoms. The van der Waals surface area contributed by atoms with E-state index in [1.807, 2.05) is 45.0 Å². The number of carbonyl (C=O) groups is 2. The van der Waals surface area contributed by atoms with Crippen LogP contribution in [0.15, 0.2) is 36.4 Å². The second kappa shape index (κ2) is 8.23. The van der Waals surface area contributed by atoms with E-state index in [0.29, 0.717) is 35.0 Å². The minimum Gasteiger partial charge on any atom is -0.495 e. The van der Waals surface area contributed by atoms with Crippen LogP contribution in [0.1, 0.15) is 41.8 Å². The smallest absolute Gasteiger partial charge is 0.255 e. The monoisotopic (exact) mass is 400 g/mol. The number of aryl methyl sites for hydroxylation is 1. The third-order valence-corrected chi connectivity index (χ3v) is 5.37. The Balaban J connectivity index is 1.88. The quantitative estimate of drug-likeness (QED) is 0.766. The molecule has 0 saturated heterocycles. The largest absolute Gasteiger partial charge is 0.495 e. The minimum absolute atomic E-state index is 0.101. The van der Waals surface area contributed by atoms with Gasteiger partial charge in [0.05, 0.1) is 12.8 Å². The van der Waals surface area contributed by atoms with Crippen LogP contribution in [0.3, 0.4) is 0 Å². The van der Waals surface area contributed by atoms with Crippen molar-refractivity contribution in [3.8, 4) is 5.75 Å². The minimum atomic E-state index is -0.569. The van der Waals surface area contributed by atoms with Gasteiger partial charge in [-0.15, -0.1) is 0 Å². The standard InChI is InChI=1S/C22H25ClN2O3/c1-13(2)9-19(25-12-15-7-5-6-8-16(15)22(25)27)21(26)24-18-10-14(3)17(23)11-20(18)28-4/h5-8,10-11,13,19H,9,12H2,1-4H3,(H,24,26)/t19-/m0/s1. The van der Waals surface area contributed by atoms with Gasteiger partial charge in [-0.3, -0.25) is 9.59 Å². The predicted molar refractivity (Wildman–Crippen MR) is 111 cm³/mol. The van der Waals surface area contributed by atoms with Gasteiger partial charge < -0.3 is 15.0 Å². The first-order chi connectivity index (χ1) is 13.3. The summed E-state index contributed by atoms with van der Waals surface area (Å²) >= 11 is 6.16. The molecule has 1 aliphatic rings. The Labute approximate surface area is 170 Å². The molecule has 0 saturated carbocycles. The van der Waals surface area contributed by atoms with Crippen LogP contribution in [-0.4, -0.2) is 29.9 Å². The molecule has 1 atom stereocenters. The van der Waals surface area contributed by atoms with Crippen LogP contribution in [0, 0.1) is 12.8 Å². The van der Waals surface area contributed by atoms with Crippen molar-refractivity contribution < 1.29 is 14.3 Å². The van der Waals surface area contributed by atoms with E-state index >= 15 is 0 Å². The van der Waals surface area contributed by atoms with Crippen molar-refractivity contribution in [3.63, 3.8) is 0 Å². The highest BCUT2D eigenvalue weighted by atomic mass is 35.5. The first-order valence-electron chi connectivity index (χ1n) is 9.35. The van der Waals surface area contributed by atoms with Crippen LogP contribution in [0.25, 0.3) is 0 Å². The number of ether oxygens (including phenoxy) is 1. The number of methoxy groups -OCH3 is 1. The zero-order valence-corrected chi connectivity index (χ0v) is 17.3. The van der Waals surface area contributed by atoms with E-state index in [4.69, 9.17) is 16.3 Å². The van der Waals surface area contributed by atoms with Crippen LogP contribution in [0.5, 0.6) is 5.75 Å². The fourth-order valence-corrected chi connectivity index (χ4v) is 3.65. The fraction of sp³-hybridized carbons (Fsp3) is 0.364. The van der Waals surface area contributed by atoms with Crippen LogP contribution < -0.4 is 10.1 Å². The normalized spacial score (nSPS) is 14.2. The Morgan fingerprint density at radius 2 is 2.00 bits per heavy atom. The number of amides is 2.